The van der Waals surface area contributed by atoms with E-state index in [0.717, 1.165) is 11.4 Å². The normalized spacial score (nSPS) is 12.3. The number of H-pyrrole nitrogens is 1. The molecular formula is C16H20N10. The molecule has 0 saturated heterocycles. The molecule has 4 heterocycles. The zero-order chi connectivity index (χ0) is 18.5. The van der Waals surface area contributed by atoms with Crippen molar-refractivity contribution in [2.24, 2.45) is 0 Å². The van der Waals surface area contributed by atoms with Gasteiger partial charge in [0.25, 0.3) is 0 Å². The first kappa shape index (κ1) is 16.2. The predicted molar refractivity (Wildman–Crippen MR) is 97.6 cm³/mol. The third kappa shape index (κ3) is 2.41. The molecule has 0 atom stereocenters. The van der Waals surface area contributed by atoms with Crippen LogP contribution in [0.4, 0.5) is 11.6 Å². The van der Waals surface area contributed by atoms with Crippen molar-refractivity contribution in [3.8, 4) is 0 Å². The second-order valence-electron chi connectivity index (χ2n) is 6.99. The summed E-state index contributed by atoms with van der Waals surface area (Å²) in [7, 11) is 0. The van der Waals surface area contributed by atoms with E-state index in [0.29, 0.717) is 34.2 Å². The molecule has 10 nitrogen and oxygen atoms in total. The summed E-state index contributed by atoms with van der Waals surface area (Å²) in [4.78, 5) is 17.2. The number of hydrogen-bond acceptors (Lipinski definition) is 8. The molecule has 0 aliphatic rings. The number of hydrogen-bond donors (Lipinski definition) is 3. The lowest BCUT2D eigenvalue weighted by Gasteiger charge is -2.25. The Morgan fingerprint density at radius 2 is 1.92 bits per heavy atom. The van der Waals surface area contributed by atoms with E-state index in [1.165, 1.54) is 12.7 Å². The summed E-state index contributed by atoms with van der Waals surface area (Å²) in [5, 5.41) is 15.0. The van der Waals surface area contributed by atoms with E-state index in [4.69, 9.17) is 5.73 Å². The molecule has 0 fully saturated rings. The van der Waals surface area contributed by atoms with E-state index >= 15 is 0 Å². The molecule has 0 aliphatic carbocycles. The second kappa shape index (κ2) is 5.61. The Bertz CT molecular complexity index is 1090. The number of imidazole rings is 1. The zero-order valence-electron chi connectivity index (χ0n) is 15.0. The number of fused-ring (bicyclic) bond motifs is 2. The van der Waals surface area contributed by atoms with Gasteiger partial charge in [0, 0.05) is 0 Å². The van der Waals surface area contributed by atoms with Crippen LogP contribution < -0.4 is 11.1 Å². The SMILES string of the molecule is CC(C)c1cnc2c(NC(C)(C)c3[nH]nc4c(N)ncnc34)ncnn12. The van der Waals surface area contributed by atoms with E-state index < -0.39 is 5.54 Å². The van der Waals surface area contributed by atoms with Crippen LogP contribution in [0.3, 0.4) is 0 Å². The Hall–Kier alpha value is -3.30. The maximum atomic E-state index is 5.88. The summed E-state index contributed by atoms with van der Waals surface area (Å²) in [6.07, 6.45) is 4.77. The fraction of sp³-hybridized carbons (Fsp3) is 0.375. The molecule has 4 aromatic heterocycles. The highest BCUT2D eigenvalue weighted by Gasteiger charge is 2.28. The van der Waals surface area contributed by atoms with Gasteiger partial charge in [-0.25, -0.2) is 24.5 Å². The van der Waals surface area contributed by atoms with Crippen molar-refractivity contribution in [2.45, 2.75) is 39.2 Å². The van der Waals surface area contributed by atoms with E-state index in [1.807, 2.05) is 20.0 Å². The fourth-order valence-corrected chi connectivity index (χ4v) is 2.96. The van der Waals surface area contributed by atoms with Crippen LogP contribution in [0.5, 0.6) is 0 Å². The highest BCUT2D eigenvalue weighted by atomic mass is 15.3. The number of aromatic nitrogens is 8. The topological polar surface area (TPSA) is 136 Å². The smallest absolute Gasteiger partial charge is 0.197 e. The van der Waals surface area contributed by atoms with Crippen molar-refractivity contribution in [3.63, 3.8) is 0 Å². The van der Waals surface area contributed by atoms with Gasteiger partial charge in [0.1, 0.15) is 18.2 Å². The number of aromatic amines is 1. The Balaban J connectivity index is 1.78. The van der Waals surface area contributed by atoms with Crippen LogP contribution >= 0.6 is 0 Å². The van der Waals surface area contributed by atoms with Gasteiger partial charge in [-0.15, -0.1) is 0 Å². The molecule has 26 heavy (non-hydrogen) atoms. The number of anilines is 2. The monoisotopic (exact) mass is 352 g/mol. The van der Waals surface area contributed by atoms with Crippen molar-refractivity contribution < 1.29 is 0 Å². The van der Waals surface area contributed by atoms with Gasteiger partial charge >= 0.3 is 0 Å². The molecule has 4 N–H and O–H groups in total. The molecule has 4 rings (SSSR count). The minimum absolute atomic E-state index is 0.303. The van der Waals surface area contributed by atoms with Crippen molar-refractivity contribution in [1.29, 1.82) is 0 Å². The minimum Gasteiger partial charge on any atom is -0.382 e. The van der Waals surface area contributed by atoms with Crippen LogP contribution in [0, 0.1) is 0 Å². The number of nitrogen functional groups attached to an aromatic ring is 1. The lowest BCUT2D eigenvalue weighted by atomic mass is 9.99. The lowest BCUT2D eigenvalue weighted by Crippen LogP contribution is -2.30. The van der Waals surface area contributed by atoms with Gasteiger partial charge in [0.15, 0.2) is 22.8 Å². The molecule has 0 unspecified atom stereocenters. The maximum Gasteiger partial charge on any atom is 0.197 e. The molecule has 0 amide bonds. The first-order valence-electron chi connectivity index (χ1n) is 8.30. The molecule has 0 saturated carbocycles. The van der Waals surface area contributed by atoms with Gasteiger partial charge < -0.3 is 11.1 Å². The van der Waals surface area contributed by atoms with Gasteiger partial charge in [-0.1, -0.05) is 13.8 Å². The number of nitrogens with one attached hydrogen (secondary N) is 2. The van der Waals surface area contributed by atoms with Crippen LogP contribution in [0.1, 0.15) is 45.0 Å². The first-order valence-corrected chi connectivity index (χ1v) is 8.30. The molecular weight excluding hydrogens is 332 g/mol. The van der Waals surface area contributed by atoms with E-state index in [-0.39, 0.29) is 0 Å². The van der Waals surface area contributed by atoms with Crippen LogP contribution in [0.2, 0.25) is 0 Å². The van der Waals surface area contributed by atoms with Gasteiger partial charge in [0.2, 0.25) is 0 Å². The largest absolute Gasteiger partial charge is 0.382 e. The molecule has 0 aromatic carbocycles. The molecule has 0 spiro atoms. The minimum atomic E-state index is -0.561. The molecule has 0 aliphatic heterocycles. The maximum absolute atomic E-state index is 5.88. The standard InChI is InChI=1S/C16H20N10/c1-8(2)9-5-18-15-14(21-7-22-26(9)15)23-16(3,4)12-10-11(24-25-12)13(17)20-6-19-10/h5-8H,1-4H3,(H,24,25)(H2,17,19,20)(H,21,22,23). The van der Waals surface area contributed by atoms with E-state index in [1.54, 1.807) is 4.52 Å². The summed E-state index contributed by atoms with van der Waals surface area (Å²) in [5.74, 6) is 1.27. The summed E-state index contributed by atoms with van der Waals surface area (Å²) in [6.45, 7) is 8.21. The summed E-state index contributed by atoms with van der Waals surface area (Å²) in [6, 6.07) is 0. The van der Waals surface area contributed by atoms with Crippen LogP contribution in [0.15, 0.2) is 18.9 Å². The number of nitrogens with zero attached hydrogens (tertiary/aromatic N) is 7. The lowest BCUT2D eigenvalue weighted by molar-refractivity contribution is 0.584. The Labute approximate surface area is 149 Å². The molecule has 4 aromatic rings. The van der Waals surface area contributed by atoms with Gasteiger partial charge in [0.05, 0.1) is 23.1 Å². The number of nitrogens with two attached hydrogens (primary N) is 1. The van der Waals surface area contributed by atoms with E-state index in [9.17, 15) is 0 Å². The molecule has 10 heteroatoms. The summed E-state index contributed by atoms with van der Waals surface area (Å²) < 4.78 is 1.81. The fourth-order valence-electron chi connectivity index (χ4n) is 2.96. The Kier molecular flexibility index (Phi) is 3.49. The molecule has 134 valence electrons. The van der Waals surface area contributed by atoms with Crippen LogP contribution in [0.25, 0.3) is 16.7 Å². The highest BCUT2D eigenvalue weighted by molar-refractivity contribution is 5.86. The van der Waals surface area contributed by atoms with Gasteiger partial charge in [-0.3, -0.25) is 5.10 Å². The predicted octanol–water partition coefficient (Wildman–Crippen LogP) is 1.84. The van der Waals surface area contributed by atoms with Gasteiger partial charge in [-0.2, -0.15) is 10.2 Å². The van der Waals surface area contributed by atoms with E-state index in [2.05, 4.69) is 54.4 Å². The quantitative estimate of drug-likeness (QED) is 0.506. The third-order valence-corrected chi connectivity index (χ3v) is 4.34. The van der Waals surface area contributed by atoms with Crippen molar-refractivity contribution in [3.05, 3.63) is 30.2 Å². The third-order valence-electron chi connectivity index (χ3n) is 4.34. The first-order chi connectivity index (χ1) is 12.4. The Morgan fingerprint density at radius 3 is 2.69 bits per heavy atom. The Morgan fingerprint density at radius 1 is 1.12 bits per heavy atom. The highest BCUT2D eigenvalue weighted by Crippen LogP contribution is 2.30. The van der Waals surface area contributed by atoms with Crippen LogP contribution in [-0.4, -0.2) is 39.7 Å². The zero-order valence-corrected chi connectivity index (χ0v) is 15.0. The van der Waals surface area contributed by atoms with Gasteiger partial charge in [-0.05, 0) is 19.8 Å². The van der Waals surface area contributed by atoms with Crippen LogP contribution in [-0.2, 0) is 5.54 Å². The number of rotatable bonds is 4. The average molecular weight is 352 g/mol. The molecule has 0 bridgehead atoms. The summed E-state index contributed by atoms with van der Waals surface area (Å²) >= 11 is 0. The second-order valence-corrected chi connectivity index (χ2v) is 6.99. The average Bonchev–Trinajstić information content (AvgIpc) is 3.20. The van der Waals surface area contributed by atoms with Crippen molar-refractivity contribution in [2.75, 3.05) is 11.1 Å². The van der Waals surface area contributed by atoms with Crippen molar-refractivity contribution in [1.82, 2.24) is 39.7 Å². The van der Waals surface area contributed by atoms with Crippen molar-refractivity contribution >= 4 is 28.3 Å². The summed E-state index contributed by atoms with van der Waals surface area (Å²) in [5.41, 5.74) is 9.02. The molecule has 0 radical (unpaired) electrons.